The van der Waals surface area contributed by atoms with Crippen LogP contribution in [0.5, 0.6) is 0 Å². The van der Waals surface area contributed by atoms with E-state index in [1.165, 1.54) is 0 Å². The lowest BCUT2D eigenvalue weighted by atomic mass is 9.86. The van der Waals surface area contributed by atoms with E-state index in [1.54, 1.807) is 0 Å². The number of esters is 1. The van der Waals surface area contributed by atoms with Gasteiger partial charge in [0.1, 0.15) is 0 Å². The van der Waals surface area contributed by atoms with Crippen LogP contribution in [-0.2, 0) is 9.53 Å². The van der Waals surface area contributed by atoms with E-state index in [9.17, 15) is 4.79 Å². The van der Waals surface area contributed by atoms with Crippen LogP contribution in [0.1, 0.15) is 51.9 Å². The summed E-state index contributed by atoms with van der Waals surface area (Å²) in [5.74, 6) is 0.115. The van der Waals surface area contributed by atoms with E-state index in [-0.39, 0.29) is 11.9 Å². The highest BCUT2D eigenvalue weighted by Crippen LogP contribution is 2.24. The van der Waals surface area contributed by atoms with Crippen molar-refractivity contribution in [2.75, 3.05) is 6.61 Å². The van der Waals surface area contributed by atoms with Gasteiger partial charge < -0.3 is 10.5 Å². The molecule has 0 aliphatic heterocycles. The van der Waals surface area contributed by atoms with Crippen molar-refractivity contribution in [3.63, 3.8) is 0 Å². The topological polar surface area (TPSA) is 52.3 Å². The van der Waals surface area contributed by atoms with Crippen molar-refractivity contribution in [3.05, 3.63) is 0 Å². The van der Waals surface area contributed by atoms with Gasteiger partial charge in [0.05, 0.1) is 12.5 Å². The van der Waals surface area contributed by atoms with E-state index in [4.69, 9.17) is 10.5 Å². The number of ether oxygens (including phenoxy) is 1. The highest BCUT2D eigenvalue weighted by molar-refractivity contribution is 5.72. The fraction of sp³-hybridized carbons (Fsp3) is 0.917. The first-order valence-corrected chi connectivity index (χ1v) is 6.16. The van der Waals surface area contributed by atoms with Crippen molar-refractivity contribution in [2.45, 2.75) is 57.9 Å². The van der Waals surface area contributed by atoms with Crippen molar-refractivity contribution >= 4 is 5.97 Å². The maximum atomic E-state index is 11.6. The third-order valence-electron chi connectivity index (χ3n) is 3.10. The van der Waals surface area contributed by atoms with Crippen LogP contribution in [0, 0.1) is 5.92 Å². The Labute approximate surface area is 92.4 Å². The molecule has 88 valence electrons. The Kier molecular flexibility index (Phi) is 5.69. The molecule has 0 spiro atoms. The second-order valence-electron chi connectivity index (χ2n) is 4.49. The van der Waals surface area contributed by atoms with Crippen LogP contribution in [0.25, 0.3) is 0 Å². The van der Waals surface area contributed by atoms with Crippen molar-refractivity contribution in [2.24, 2.45) is 11.7 Å². The second kappa shape index (κ2) is 6.83. The molecule has 0 aromatic heterocycles. The number of unbranched alkanes of at least 4 members (excludes halogenated alkanes) is 2. The lowest BCUT2D eigenvalue weighted by Crippen LogP contribution is -2.30. The Morgan fingerprint density at radius 3 is 2.53 bits per heavy atom. The number of nitrogens with two attached hydrogens (primary N) is 1. The molecule has 0 amide bonds. The van der Waals surface area contributed by atoms with Crippen molar-refractivity contribution in [1.29, 1.82) is 0 Å². The van der Waals surface area contributed by atoms with Crippen LogP contribution in [0.2, 0.25) is 0 Å². The summed E-state index contributed by atoms with van der Waals surface area (Å²) in [4.78, 5) is 11.6. The molecule has 1 fully saturated rings. The van der Waals surface area contributed by atoms with Crippen LogP contribution in [0.3, 0.4) is 0 Å². The first-order chi connectivity index (χ1) is 7.24. The summed E-state index contributed by atoms with van der Waals surface area (Å²) in [6.45, 7) is 2.74. The minimum atomic E-state index is -0.00185. The molecule has 1 rings (SSSR count). The summed E-state index contributed by atoms with van der Waals surface area (Å²) in [6, 6.07) is 0.300. The molecule has 0 radical (unpaired) electrons. The summed E-state index contributed by atoms with van der Waals surface area (Å²) in [7, 11) is 0. The Morgan fingerprint density at radius 1 is 1.27 bits per heavy atom. The number of rotatable bonds is 5. The van der Waals surface area contributed by atoms with E-state index in [0.717, 1.165) is 44.9 Å². The van der Waals surface area contributed by atoms with E-state index in [0.29, 0.717) is 12.6 Å². The Morgan fingerprint density at radius 2 is 1.93 bits per heavy atom. The lowest BCUT2D eigenvalue weighted by molar-refractivity contribution is -0.149. The Bertz CT molecular complexity index is 186. The first-order valence-electron chi connectivity index (χ1n) is 6.16. The Balaban J connectivity index is 2.11. The monoisotopic (exact) mass is 213 g/mol. The number of carbonyl (C=O) groups excluding carboxylic acids is 1. The summed E-state index contributed by atoms with van der Waals surface area (Å²) >= 11 is 0. The number of hydrogen-bond acceptors (Lipinski definition) is 3. The predicted octanol–water partition coefficient (Wildman–Crippen LogP) is 2.24. The van der Waals surface area contributed by atoms with Crippen LogP contribution >= 0.6 is 0 Å². The van der Waals surface area contributed by atoms with Crippen LogP contribution in [0.4, 0.5) is 0 Å². The third kappa shape index (κ3) is 4.65. The molecule has 0 aromatic rings. The zero-order valence-electron chi connectivity index (χ0n) is 9.71. The quantitative estimate of drug-likeness (QED) is 0.563. The van der Waals surface area contributed by atoms with Crippen LogP contribution in [0.15, 0.2) is 0 Å². The molecule has 0 saturated heterocycles. The van der Waals surface area contributed by atoms with Crippen LogP contribution in [-0.4, -0.2) is 18.6 Å². The Hall–Kier alpha value is -0.570. The molecule has 1 aliphatic rings. The highest BCUT2D eigenvalue weighted by atomic mass is 16.5. The predicted molar refractivity (Wildman–Crippen MR) is 60.4 cm³/mol. The van der Waals surface area contributed by atoms with E-state index in [2.05, 4.69) is 6.92 Å². The molecule has 1 saturated carbocycles. The van der Waals surface area contributed by atoms with Gasteiger partial charge in [-0.05, 0) is 32.1 Å². The van der Waals surface area contributed by atoms with E-state index < -0.39 is 0 Å². The molecule has 0 atom stereocenters. The molecule has 1 aliphatic carbocycles. The molecule has 3 nitrogen and oxygen atoms in total. The molecular weight excluding hydrogens is 190 g/mol. The molecule has 3 heteroatoms. The van der Waals surface area contributed by atoms with Crippen LogP contribution < -0.4 is 5.73 Å². The highest BCUT2D eigenvalue weighted by Gasteiger charge is 2.25. The standard InChI is InChI=1S/C12H23NO2/c1-2-3-4-9-15-12(14)10-5-7-11(13)8-6-10/h10-11H,2-9,13H2,1H3. The molecule has 0 bridgehead atoms. The molecule has 0 aromatic carbocycles. The van der Waals surface area contributed by atoms with Gasteiger partial charge in [0.25, 0.3) is 0 Å². The van der Waals surface area contributed by atoms with Gasteiger partial charge in [0, 0.05) is 6.04 Å². The van der Waals surface area contributed by atoms with Crippen molar-refractivity contribution < 1.29 is 9.53 Å². The average Bonchev–Trinajstić information content (AvgIpc) is 2.25. The van der Waals surface area contributed by atoms with Gasteiger partial charge in [-0.2, -0.15) is 0 Å². The van der Waals surface area contributed by atoms with Crippen molar-refractivity contribution in [1.82, 2.24) is 0 Å². The van der Waals surface area contributed by atoms with Gasteiger partial charge in [-0.15, -0.1) is 0 Å². The zero-order valence-corrected chi connectivity index (χ0v) is 9.71. The zero-order chi connectivity index (χ0) is 11.1. The average molecular weight is 213 g/mol. The van der Waals surface area contributed by atoms with Crippen molar-refractivity contribution in [3.8, 4) is 0 Å². The van der Waals surface area contributed by atoms with E-state index >= 15 is 0 Å². The van der Waals surface area contributed by atoms with Gasteiger partial charge in [-0.3, -0.25) is 4.79 Å². The maximum absolute atomic E-state index is 11.6. The minimum absolute atomic E-state index is 0.00185. The fourth-order valence-corrected chi connectivity index (χ4v) is 2.00. The first kappa shape index (κ1) is 12.5. The summed E-state index contributed by atoms with van der Waals surface area (Å²) in [5, 5.41) is 0. The van der Waals surface area contributed by atoms with E-state index in [1.807, 2.05) is 0 Å². The smallest absolute Gasteiger partial charge is 0.308 e. The maximum Gasteiger partial charge on any atom is 0.308 e. The fourth-order valence-electron chi connectivity index (χ4n) is 2.00. The lowest BCUT2D eigenvalue weighted by Gasteiger charge is -2.24. The van der Waals surface area contributed by atoms with Gasteiger partial charge >= 0.3 is 5.97 Å². The van der Waals surface area contributed by atoms with Gasteiger partial charge in [-0.25, -0.2) is 0 Å². The molecule has 0 unspecified atom stereocenters. The van der Waals surface area contributed by atoms with Gasteiger partial charge in [-0.1, -0.05) is 19.8 Å². The summed E-state index contributed by atoms with van der Waals surface area (Å²) < 4.78 is 5.24. The minimum Gasteiger partial charge on any atom is -0.465 e. The molecule has 2 N–H and O–H groups in total. The number of carbonyl (C=O) groups is 1. The molecule has 0 heterocycles. The summed E-state index contributed by atoms with van der Waals surface area (Å²) in [6.07, 6.45) is 7.05. The summed E-state index contributed by atoms with van der Waals surface area (Å²) in [5.41, 5.74) is 5.78. The second-order valence-corrected chi connectivity index (χ2v) is 4.49. The SMILES string of the molecule is CCCCCOC(=O)C1CCC(N)CC1. The number of hydrogen-bond donors (Lipinski definition) is 1. The van der Waals surface area contributed by atoms with Gasteiger partial charge in [0.15, 0.2) is 0 Å². The molecular formula is C12H23NO2. The van der Waals surface area contributed by atoms with Gasteiger partial charge in [0.2, 0.25) is 0 Å². The normalized spacial score (nSPS) is 26.3. The largest absolute Gasteiger partial charge is 0.465 e. The molecule has 15 heavy (non-hydrogen) atoms. The third-order valence-corrected chi connectivity index (χ3v) is 3.10.